The second kappa shape index (κ2) is 8.14. The summed E-state index contributed by atoms with van der Waals surface area (Å²) in [6, 6.07) is 8.20. The van der Waals surface area contributed by atoms with Crippen LogP contribution in [-0.2, 0) is 0 Å². The molecular weight excluding hydrogens is 274 g/mol. The molecule has 4 heteroatoms. The molecule has 1 aliphatic heterocycles. The van der Waals surface area contributed by atoms with Crippen molar-refractivity contribution >= 4 is 11.5 Å². The zero-order valence-corrected chi connectivity index (χ0v) is 13.3. The molecule has 1 aromatic rings. The first-order chi connectivity index (χ1) is 10.8. The predicted octanol–water partition coefficient (Wildman–Crippen LogP) is 2.38. The van der Waals surface area contributed by atoms with Gasteiger partial charge < -0.3 is 15.0 Å². The van der Waals surface area contributed by atoms with Crippen molar-refractivity contribution < 1.29 is 4.74 Å². The van der Waals surface area contributed by atoms with Gasteiger partial charge in [0.1, 0.15) is 12.3 Å². The summed E-state index contributed by atoms with van der Waals surface area (Å²) in [4.78, 5) is 6.65. The van der Waals surface area contributed by atoms with E-state index in [1.165, 1.54) is 11.1 Å². The van der Waals surface area contributed by atoms with Crippen molar-refractivity contribution in [3.63, 3.8) is 0 Å². The number of methoxy groups -OCH3 is 1. The van der Waals surface area contributed by atoms with Gasteiger partial charge in [-0.15, -0.1) is 6.42 Å². The first-order valence-corrected chi connectivity index (χ1v) is 7.58. The molecule has 0 fully saturated rings. The van der Waals surface area contributed by atoms with E-state index in [9.17, 15) is 0 Å². The van der Waals surface area contributed by atoms with E-state index in [2.05, 4.69) is 46.3 Å². The minimum absolute atomic E-state index is 0.408. The molecule has 0 aromatic heterocycles. The number of hydrogen-bond donors (Lipinski definition) is 1. The quantitative estimate of drug-likeness (QED) is 0.527. The van der Waals surface area contributed by atoms with Crippen LogP contribution in [0.5, 0.6) is 5.75 Å². The smallest absolute Gasteiger partial charge is 0.195 e. The van der Waals surface area contributed by atoms with Gasteiger partial charge in [-0.1, -0.05) is 24.1 Å². The lowest BCUT2D eigenvalue weighted by atomic mass is 9.99. The molecule has 0 saturated carbocycles. The first kappa shape index (κ1) is 16.0. The minimum atomic E-state index is 0.408. The minimum Gasteiger partial charge on any atom is -0.497 e. The molecule has 0 bridgehead atoms. The second-order valence-corrected chi connectivity index (χ2v) is 5.03. The number of nitrogens with one attached hydrogen (secondary N) is 1. The van der Waals surface area contributed by atoms with Crippen LogP contribution in [0, 0.1) is 12.3 Å². The lowest BCUT2D eigenvalue weighted by Gasteiger charge is -2.29. The van der Waals surface area contributed by atoms with Crippen molar-refractivity contribution in [2.24, 2.45) is 4.99 Å². The maximum Gasteiger partial charge on any atom is 0.195 e. The molecule has 4 nitrogen and oxygen atoms in total. The molecule has 0 atom stereocenters. The highest BCUT2D eigenvalue weighted by Gasteiger charge is 2.16. The zero-order chi connectivity index (χ0) is 15.8. The SMILES string of the molecule is C#CCN=C(NCC)N1CC=C(c2cccc(OC)c2)CC1. The van der Waals surface area contributed by atoms with Crippen LogP contribution in [0.25, 0.3) is 5.57 Å². The van der Waals surface area contributed by atoms with Crippen LogP contribution in [0.3, 0.4) is 0 Å². The van der Waals surface area contributed by atoms with E-state index < -0.39 is 0 Å². The Bertz CT molecular complexity index is 599. The van der Waals surface area contributed by atoms with Gasteiger partial charge in [0, 0.05) is 19.6 Å². The average molecular weight is 297 g/mol. The summed E-state index contributed by atoms with van der Waals surface area (Å²) in [7, 11) is 1.70. The Balaban J connectivity index is 2.09. The van der Waals surface area contributed by atoms with Gasteiger partial charge in [0.25, 0.3) is 0 Å². The lowest BCUT2D eigenvalue weighted by molar-refractivity contribution is 0.414. The van der Waals surface area contributed by atoms with Crippen LogP contribution in [0.15, 0.2) is 35.3 Å². The van der Waals surface area contributed by atoms with E-state index in [0.29, 0.717) is 6.54 Å². The summed E-state index contributed by atoms with van der Waals surface area (Å²) < 4.78 is 5.30. The molecule has 0 unspecified atom stereocenters. The fourth-order valence-electron chi connectivity index (χ4n) is 2.49. The Labute approximate surface area is 132 Å². The maximum atomic E-state index is 5.30. The van der Waals surface area contributed by atoms with Gasteiger partial charge in [0.2, 0.25) is 0 Å². The van der Waals surface area contributed by atoms with Crippen LogP contribution in [-0.4, -0.2) is 44.1 Å². The number of nitrogens with zero attached hydrogens (tertiary/aromatic N) is 2. The van der Waals surface area contributed by atoms with E-state index in [1.54, 1.807) is 7.11 Å². The molecule has 1 aliphatic rings. The largest absolute Gasteiger partial charge is 0.497 e. The van der Waals surface area contributed by atoms with Gasteiger partial charge in [-0.3, -0.25) is 0 Å². The highest BCUT2D eigenvalue weighted by atomic mass is 16.5. The van der Waals surface area contributed by atoms with Crippen molar-refractivity contribution in [3.8, 4) is 18.1 Å². The molecule has 116 valence electrons. The molecule has 0 aliphatic carbocycles. The van der Waals surface area contributed by atoms with E-state index in [4.69, 9.17) is 11.2 Å². The molecule has 1 heterocycles. The van der Waals surface area contributed by atoms with E-state index in [0.717, 1.165) is 37.8 Å². The summed E-state index contributed by atoms with van der Waals surface area (Å²) in [6.45, 7) is 5.08. The van der Waals surface area contributed by atoms with Crippen molar-refractivity contribution in [1.29, 1.82) is 0 Å². The molecule has 22 heavy (non-hydrogen) atoms. The third-order valence-corrected chi connectivity index (χ3v) is 3.60. The van der Waals surface area contributed by atoms with Crippen LogP contribution >= 0.6 is 0 Å². The maximum absolute atomic E-state index is 5.30. The standard InChI is InChI=1S/C18H23N3O/c1-4-11-20-18(19-5-2)21-12-9-15(10-13-21)16-7-6-8-17(14-16)22-3/h1,6-9,14H,5,10-13H2,2-3H3,(H,19,20). The number of hydrogen-bond acceptors (Lipinski definition) is 2. The van der Waals surface area contributed by atoms with E-state index in [1.807, 2.05) is 12.1 Å². The number of terminal acetylenes is 1. The van der Waals surface area contributed by atoms with Gasteiger partial charge in [-0.25, -0.2) is 4.99 Å². The van der Waals surface area contributed by atoms with Crippen molar-refractivity contribution in [1.82, 2.24) is 10.2 Å². The third kappa shape index (κ3) is 4.05. The number of guanidine groups is 1. The summed E-state index contributed by atoms with van der Waals surface area (Å²) in [5.41, 5.74) is 2.58. The summed E-state index contributed by atoms with van der Waals surface area (Å²) in [5, 5.41) is 3.29. The van der Waals surface area contributed by atoms with Crippen molar-refractivity contribution in [2.75, 3.05) is 33.3 Å². The third-order valence-electron chi connectivity index (χ3n) is 3.60. The molecule has 1 aromatic carbocycles. The Kier molecular flexibility index (Phi) is 5.91. The van der Waals surface area contributed by atoms with Crippen LogP contribution < -0.4 is 10.1 Å². The molecule has 0 saturated heterocycles. The fraction of sp³-hybridized carbons (Fsp3) is 0.389. The Morgan fingerprint density at radius 1 is 1.50 bits per heavy atom. The summed E-state index contributed by atoms with van der Waals surface area (Å²) in [6.07, 6.45) is 8.53. The van der Waals surface area contributed by atoms with Crippen molar-refractivity contribution in [2.45, 2.75) is 13.3 Å². The number of aliphatic imine (C=N–C) groups is 1. The average Bonchev–Trinajstić information content (AvgIpc) is 2.59. The monoisotopic (exact) mass is 297 g/mol. The van der Waals surface area contributed by atoms with Gasteiger partial charge in [0.15, 0.2) is 5.96 Å². The number of benzene rings is 1. The van der Waals surface area contributed by atoms with E-state index >= 15 is 0 Å². The molecule has 1 N–H and O–H groups in total. The Hall–Kier alpha value is -2.41. The normalized spacial score (nSPS) is 15.0. The van der Waals surface area contributed by atoms with Gasteiger partial charge in [-0.05, 0) is 36.6 Å². The van der Waals surface area contributed by atoms with Crippen molar-refractivity contribution in [3.05, 3.63) is 35.9 Å². The molecular formula is C18H23N3O. The zero-order valence-electron chi connectivity index (χ0n) is 13.3. The van der Waals surface area contributed by atoms with Crippen LogP contribution in [0.4, 0.5) is 0 Å². The van der Waals surface area contributed by atoms with Crippen LogP contribution in [0.2, 0.25) is 0 Å². The molecule has 2 rings (SSSR count). The molecule has 0 radical (unpaired) electrons. The van der Waals surface area contributed by atoms with Gasteiger partial charge in [0.05, 0.1) is 7.11 Å². The summed E-state index contributed by atoms with van der Waals surface area (Å²) >= 11 is 0. The van der Waals surface area contributed by atoms with Gasteiger partial charge >= 0.3 is 0 Å². The number of rotatable bonds is 4. The van der Waals surface area contributed by atoms with E-state index in [-0.39, 0.29) is 0 Å². The predicted molar refractivity (Wildman–Crippen MR) is 92.0 cm³/mol. The van der Waals surface area contributed by atoms with Gasteiger partial charge in [-0.2, -0.15) is 0 Å². The second-order valence-electron chi connectivity index (χ2n) is 5.03. The summed E-state index contributed by atoms with van der Waals surface area (Å²) in [5.74, 6) is 4.34. The topological polar surface area (TPSA) is 36.9 Å². The fourth-order valence-corrected chi connectivity index (χ4v) is 2.49. The highest BCUT2D eigenvalue weighted by molar-refractivity contribution is 5.81. The molecule has 0 spiro atoms. The highest BCUT2D eigenvalue weighted by Crippen LogP contribution is 2.25. The van der Waals surface area contributed by atoms with Crippen LogP contribution in [0.1, 0.15) is 18.9 Å². The Morgan fingerprint density at radius 3 is 3.00 bits per heavy atom. The lowest BCUT2D eigenvalue weighted by Crippen LogP contribution is -2.43. The Morgan fingerprint density at radius 2 is 2.36 bits per heavy atom. The number of ether oxygens (including phenoxy) is 1. The first-order valence-electron chi connectivity index (χ1n) is 7.58. The molecule has 0 amide bonds.